The van der Waals surface area contributed by atoms with Gasteiger partial charge in [-0.05, 0) is 24.0 Å². The van der Waals surface area contributed by atoms with Gasteiger partial charge in [0, 0.05) is 32.0 Å². The predicted octanol–water partition coefficient (Wildman–Crippen LogP) is 2.19. The van der Waals surface area contributed by atoms with Gasteiger partial charge in [0.05, 0.1) is 6.54 Å². The Labute approximate surface area is 109 Å². The van der Waals surface area contributed by atoms with E-state index >= 15 is 0 Å². The molecule has 0 spiro atoms. The van der Waals surface area contributed by atoms with Crippen LogP contribution in [0.4, 0.5) is 0 Å². The van der Waals surface area contributed by atoms with Gasteiger partial charge in [-0.25, -0.2) is 4.98 Å². The van der Waals surface area contributed by atoms with Crippen LogP contribution in [0.1, 0.15) is 31.5 Å². The first-order valence-corrected chi connectivity index (χ1v) is 7.28. The van der Waals surface area contributed by atoms with Crippen molar-refractivity contribution in [1.29, 1.82) is 0 Å². The molecule has 3 nitrogen and oxygen atoms in total. The van der Waals surface area contributed by atoms with Gasteiger partial charge in [-0.1, -0.05) is 12.8 Å². The summed E-state index contributed by atoms with van der Waals surface area (Å²) >= 11 is 4.60. The minimum atomic E-state index is 0.484. The average molecular weight is 251 g/mol. The highest BCUT2D eigenvalue weighted by molar-refractivity contribution is 7.80. The summed E-state index contributed by atoms with van der Waals surface area (Å²) in [4.78, 5) is 7.01. The molecule has 0 saturated heterocycles. The van der Waals surface area contributed by atoms with E-state index in [1.807, 2.05) is 6.20 Å². The van der Waals surface area contributed by atoms with Crippen molar-refractivity contribution in [2.45, 2.75) is 38.8 Å². The fourth-order valence-corrected chi connectivity index (χ4v) is 3.74. The maximum absolute atomic E-state index is 4.60. The van der Waals surface area contributed by atoms with E-state index in [0.29, 0.717) is 5.41 Å². The third kappa shape index (κ3) is 2.25. The third-order valence-corrected chi connectivity index (χ3v) is 5.05. The van der Waals surface area contributed by atoms with E-state index in [1.165, 1.54) is 44.6 Å². The number of thiol groups is 1. The Balaban J connectivity index is 1.67. The molecule has 0 aromatic carbocycles. The van der Waals surface area contributed by atoms with Gasteiger partial charge in [0.25, 0.3) is 0 Å². The SMILES string of the molecule is SCC1(CN2CCn3ccnc3C2)CCCC1. The lowest BCUT2D eigenvalue weighted by molar-refractivity contribution is 0.139. The second-order valence-electron chi connectivity index (χ2n) is 5.61. The summed E-state index contributed by atoms with van der Waals surface area (Å²) in [6.45, 7) is 4.49. The van der Waals surface area contributed by atoms with Crippen LogP contribution in [0.3, 0.4) is 0 Å². The molecule has 0 atom stereocenters. The molecule has 3 rings (SSSR count). The van der Waals surface area contributed by atoms with E-state index in [2.05, 4.69) is 33.3 Å². The van der Waals surface area contributed by atoms with Crippen molar-refractivity contribution in [2.24, 2.45) is 5.41 Å². The van der Waals surface area contributed by atoms with Crippen LogP contribution in [0, 0.1) is 5.41 Å². The molecule has 0 amide bonds. The quantitative estimate of drug-likeness (QED) is 0.831. The average Bonchev–Trinajstić information content (AvgIpc) is 2.97. The minimum Gasteiger partial charge on any atom is -0.333 e. The number of aromatic nitrogens is 2. The second kappa shape index (κ2) is 4.65. The van der Waals surface area contributed by atoms with E-state index in [0.717, 1.165) is 18.8 Å². The maximum atomic E-state index is 4.60. The summed E-state index contributed by atoms with van der Waals surface area (Å²) in [5.41, 5.74) is 0.484. The summed E-state index contributed by atoms with van der Waals surface area (Å²) in [5, 5.41) is 0. The van der Waals surface area contributed by atoms with E-state index in [1.54, 1.807) is 0 Å². The highest BCUT2D eigenvalue weighted by atomic mass is 32.1. The third-order valence-electron chi connectivity index (χ3n) is 4.38. The lowest BCUT2D eigenvalue weighted by Crippen LogP contribution is -2.41. The Morgan fingerprint density at radius 2 is 2.12 bits per heavy atom. The van der Waals surface area contributed by atoms with Crippen LogP contribution in [0.25, 0.3) is 0 Å². The molecule has 2 aliphatic rings. The highest BCUT2D eigenvalue weighted by Gasteiger charge is 2.35. The molecule has 1 aliphatic heterocycles. The smallest absolute Gasteiger partial charge is 0.122 e. The summed E-state index contributed by atoms with van der Waals surface area (Å²) in [6, 6.07) is 0. The van der Waals surface area contributed by atoms with Gasteiger partial charge < -0.3 is 4.57 Å². The Morgan fingerprint density at radius 3 is 2.88 bits per heavy atom. The van der Waals surface area contributed by atoms with Crippen molar-refractivity contribution in [3.63, 3.8) is 0 Å². The molecular formula is C13H21N3S. The first-order valence-electron chi connectivity index (χ1n) is 6.65. The van der Waals surface area contributed by atoms with Crippen molar-refractivity contribution in [1.82, 2.24) is 14.5 Å². The molecule has 1 fully saturated rings. The van der Waals surface area contributed by atoms with Crippen LogP contribution < -0.4 is 0 Å². The molecule has 1 saturated carbocycles. The molecule has 4 heteroatoms. The number of nitrogens with zero attached hydrogens (tertiary/aromatic N) is 3. The number of hydrogen-bond donors (Lipinski definition) is 1. The van der Waals surface area contributed by atoms with Crippen molar-refractivity contribution in [3.05, 3.63) is 18.2 Å². The van der Waals surface area contributed by atoms with Crippen LogP contribution in [-0.4, -0.2) is 33.3 Å². The van der Waals surface area contributed by atoms with Crippen LogP contribution in [0.15, 0.2) is 12.4 Å². The predicted molar refractivity (Wildman–Crippen MR) is 72.3 cm³/mol. The van der Waals surface area contributed by atoms with Crippen LogP contribution in [0.2, 0.25) is 0 Å². The van der Waals surface area contributed by atoms with Gasteiger partial charge in [0.15, 0.2) is 0 Å². The summed E-state index contributed by atoms with van der Waals surface area (Å²) in [7, 11) is 0. The highest BCUT2D eigenvalue weighted by Crippen LogP contribution is 2.40. The molecule has 0 unspecified atom stereocenters. The Hall–Kier alpha value is -0.480. The molecule has 17 heavy (non-hydrogen) atoms. The number of hydrogen-bond acceptors (Lipinski definition) is 3. The van der Waals surface area contributed by atoms with E-state index in [4.69, 9.17) is 0 Å². The summed E-state index contributed by atoms with van der Waals surface area (Å²) in [6.07, 6.45) is 9.52. The van der Waals surface area contributed by atoms with Gasteiger partial charge in [0.2, 0.25) is 0 Å². The van der Waals surface area contributed by atoms with Crippen LogP contribution in [0.5, 0.6) is 0 Å². The fraction of sp³-hybridized carbons (Fsp3) is 0.769. The van der Waals surface area contributed by atoms with Gasteiger partial charge in [-0.3, -0.25) is 4.90 Å². The van der Waals surface area contributed by atoms with Crippen LogP contribution >= 0.6 is 12.6 Å². The topological polar surface area (TPSA) is 21.1 Å². The normalized spacial score (nSPS) is 23.8. The molecule has 1 aromatic heterocycles. The monoisotopic (exact) mass is 251 g/mol. The number of imidazole rings is 1. The Morgan fingerprint density at radius 1 is 1.29 bits per heavy atom. The largest absolute Gasteiger partial charge is 0.333 e. The number of rotatable bonds is 3. The first kappa shape index (κ1) is 11.6. The molecule has 0 N–H and O–H groups in total. The van der Waals surface area contributed by atoms with Gasteiger partial charge >= 0.3 is 0 Å². The van der Waals surface area contributed by atoms with E-state index in [9.17, 15) is 0 Å². The zero-order valence-electron chi connectivity index (χ0n) is 10.3. The molecule has 2 heterocycles. The molecule has 1 aromatic rings. The lowest BCUT2D eigenvalue weighted by Gasteiger charge is -2.36. The van der Waals surface area contributed by atoms with E-state index in [-0.39, 0.29) is 0 Å². The van der Waals surface area contributed by atoms with Crippen molar-refractivity contribution < 1.29 is 0 Å². The molecule has 0 bridgehead atoms. The lowest BCUT2D eigenvalue weighted by atomic mass is 9.87. The summed E-state index contributed by atoms with van der Waals surface area (Å²) < 4.78 is 2.28. The molecule has 94 valence electrons. The Kier molecular flexibility index (Phi) is 3.17. The fourth-order valence-electron chi connectivity index (χ4n) is 3.32. The van der Waals surface area contributed by atoms with Gasteiger partial charge in [-0.2, -0.15) is 12.6 Å². The minimum absolute atomic E-state index is 0.484. The van der Waals surface area contributed by atoms with Crippen molar-refractivity contribution >= 4 is 12.6 Å². The summed E-state index contributed by atoms with van der Waals surface area (Å²) in [5.74, 6) is 2.27. The maximum Gasteiger partial charge on any atom is 0.122 e. The second-order valence-corrected chi connectivity index (χ2v) is 5.93. The van der Waals surface area contributed by atoms with Gasteiger partial charge in [-0.15, -0.1) is 0 Å². The van der Waals surface area contributed by atoms with Crippen molar-refractivity contribution in [3.8, 4) is 0 Å². The standard InChI is InChI=1S/C13H21N3S/c17-11-13(3-1-2-4-13)10-15-7-8-16-6-5-14-12(16)9-15/h5-6,17H,1-4,7-11H2. The zero-order valence-corrected chi connectivity index (χ0v) is 11.2. The number of fused-ring (bicyclic) bond motifs is 1. The molecule has 0 radical (unpaired) electrons. The zero-order chi connectivity index (χ0) is 11.7. The van der Waals surface area contributed by atoms with Gasteiger partial charge in [0.1, 0.15) is 5.82 Å². The van der Waals surface area contributed by atoms with Crippen molar-refractivity contribution in [2.75, 3.05) is 18.8 Å². The molecule has 1 aliphatic carbocycles. The Bertz CT molecular complexity index is 382. The van der Waals surface area contributed by atoms with E-state index < -0.39 is 0 Å². The first-order chi connectivity index (χ1) is 8.31. The molecular weight excluding hydrogens is 230 g/mol. The van der Waals surface area contributed by atoms with Crippen LogP contribution in [-0.2, 0) is 13.1 Å².